The molecule has 1 aromatic carbocycles. The lowest BCUT2D eigenvalue weighted by Gasteiger charge is -2.03. The highest BCUT2D eigenvalue weighted by Crippen LogP contribution is 2.09. The van der Waals surface area contributed by atoms with Crippen LogP contribution in [0.15, 0.2) is 24.3 Å². The summed E-state index contributed by atoms with van der Waals surface area (Å²) in [5.41, 5.74) is 1.78. The van der Waals surface area contributed by atoms with Gasteiger partial charge in [0.1, 0.15) is 0 Å². The van der Waals surface area contributed by atoms with Gasteiger partial charge in [0, 0.05) is 11.5 Å². The van der Waals surface area contributed by atoms with Crippen LogP contribution in [0, 0.1) is 19.8 Å². The fraction of sp³-hybridized carbons (Fsp3) is 0.273. The summed E-state index contributed by atoms with van der Waals surface area (Å²) in [7, 11) is 0. The van der Waals surface area contributed by atoms with Gasteiger partial charge in [-0.2, -0.15) is 0 Å². The molecule has 0 aromatic heterocycles. The zero-order valence-electron chi connectivity index (χ0n) is 7.37. The average molecular weight is 160 g/mol. The van der Waals surface area contributed by atoms with Gasteiger partial charge in [-0.25, -0.2) is 0 Å². The molecule has 2 radical (unpaired) electrons. The van der Waals surface area contributed by atoms with Crippen LogP contribution >= 0.6 is 0 Å². The van der Waals surface area contributed by atoms with Crippen LogP contribution in [-0.4, -0.2) is 5.78 Å². The van der Waals surface area contributed by atoms with Gasteiger partial charge >= 0.3 is 0 Å². The number of hydrogen-bond donors (Lipinski definition) is 0. The summed E-state index contributed by atoms with van der Waals surface area (Å²) >= 11 is 0. The maximum Gasteiger partial charge on any atom is 0.165 e. The Hall–Kier alpha value is -1.11. The number of carbonyl (C=O) groups excluding carboxylic acids is 1. The molecule has 0 saturated carbocycles. The number of Topliss-reactive ketones (excluding diaryl/α,β-unsaturated/α-hetero) is 1. The first-order valence-electron chi connectivity index (χ1n) is 3.97. The van der Waals surface area contributed by atoms with E-state index in [2.05, 4.69) is 0 Å². The summed E-state index contributed by atoms with van der Waals surface area (Å²) in [6.45, 7) is 9.12. The first-order valence-corrected chi connectivity index (χ1v) is 3.97. The van der Waals surface area contributed by atoms with Gasteiger partial charge in [-0.15, -0.1) is 0 Å². The van der Waals surface area contributed by atoms with E-state index in [0.717, 1.165) is 5.56 Å². The summed E-state index contributed by atoms with van der Waals surface area (Å²) in [6, 6.07) is 7.47. The van der Waals surface area contributed by atoms with Crippen molar-refractivity contribution in [2.45, 2.75) is 13.8 Å². The average Bonchev–Trinajstić information content (AvgIpc) is 2.03. The van der Waals surface area contributed by atoms with Crippen molar-refractivity contribution >= 4 is 5.78 Å². The molecule has 0 aliphatic heterocycles. The number of rotatable bonds is 2. The van der Waals surface area contributed by atoms with Gasteiger partial charge < -0.3 is 0 Å². The SMILES string of the molecule is [CH]C(C)C(=O)c1cccc(C)c1. The lowest BCUT2D eigenvalue weighted by molar-refractivity contribution is 0.0952. The van der Waals surface area contributed by atoms with Crippen molar-refractivity contribution in [1.82, 2.24) is 0 Å². The zero-order chi connectivity index (χ0) is 9.14. The standard InChI is InChI=1S/C11H12O/c1-8(2)11(12)10-6-4-5-9(3)7-10/h1,4-8H,2-3H3. The largest absolute Gasteiger partial charge is 0.294 e. The quantitative estimate of drug-likeness (QED) is 0.607. The Balaban J connectivity index is 2.96. The minimum Gasteiger partial charge on any atom is -0.294 e. The van der Waals surface area contributed by atoms with Crippen LogP contribution < -0.4 is 0 Å². The van der Waals surface area contributed by atoms with E-state index in [-0.39, 0.29) is 5.78 Å². The Kier molecular flexibility index (Phi) is 2.64. The predicted molar refractivity (Wildman–Crippen MR) is 49.0 cm³/mol. The highest BCUT2D eigenvalue weighted by atomic mass is 16.1. The Labute approximate surface area is 73.4 Å². The summed E-state index contributed by atoms with van der Waals surface area (Å²) in [4.78, 5) is 11.4. The molecule has 62 valence electrons. The fourth-order valence-corrected chi connectivity index (χ4v) is 1.06. The lowest BCUT2D eigenvalue weighted by Crippen LogP contribution is -2.07. The van der Waals surface area contributed by atoms with Gasteiger partial charge in [-0.05, 0) is 19.9 Å². The normalized spacial score (nSPS) is 10.3. The summed E-state index contributed by atoms with van der Waals surface area (Å²) in [6.07, 6.45) is 0. The number of hydrogen-bond acceptors (Lipinski definition) is 1. The van der Waals surface area contributed by atoms with Gasteiger partial charge in [0.05, 0.1) is 0 Å². The molecule has 1 aromatic rings. The maximum absolute atomic E-state index is 11.4. The van der Waals surface area contributed by atoms with Gasteiger partial charge in [0.25, 0.3) is 0 Å². The number of ketones is 1. The minimum absolute atomic E-state index is 0.00120. The van der Waals surface area contributed by atoms with E-state index in [1.165, 1.54) is 0 Å². The molecule has 1 rings (SSSR count). The molecule has 0 aliphatic carbocycles. The van der Waals surface area contributed by atoms with Crippen molar-refractivity contribution in [3.05, 3.63) is 42.3 Å². The van der Waals surface area contributed by atoms with E-state index in [1.807, 2.05) is 25.1 Å². The Morgan fingerprint density at radius 1 is 1.50 bits per heavy atom. The third kappa shape index (κ3) is 1.94. The van der Waals surface area contributed by atoms with Gasteiger partial charge in [-0.1, -0.05) is 30.7 Å². The molecule has 1 unspecified atom stereocenters. The summed E-state index contributed by atoms with van der Waals surface area (Å²) in [5.74, 6) is -0.412. The van der Waals surface area contributed by atoms with Crippen molar-refractivity contribution in [3.63, 3.8) is 0 Å². The van der Waals surface area contributed by atoms with Crippen LogP contribution in [0.4, 0.5) is 0 Å². The molecule has 12 heavy (non-hydrogen) atoms. The van der Waals surface area contributed by atoms with E-state index in [1.54, 1.807) is 13.0 Å². The molecule has 1 nitrogen and oxygen atoms in total. The second-order valence-electron chi connectivity index (χ2n) is 3.02. The van der Waals surface area contributed by atoms with Crippen molar-refractivity contribution in [2.75, 3.05) is 0 Å². The van der Waals surface area contributed by atoms with Crippen LogP contribution in [0.1, 0.15) is 22.8 Å². The van der Waals surface area contributed by atoms with Crippen molar-refractivity contribution in [2.24, 2.45) is 5.92 Å². The Bertz CT molecular complexity index is 287. The molecule has 0 bridgehead atoms. The molecule has 0 spiro atoms. The number of benzene rings is 1. The monoisotopic (exact) mass is 160 g/mol. The topological polar surface area (TPSA) is 17.1 Å². The van der Waals surface area contributed by atoms with E-state index in [9.17, 15) is 4.79 Å². The molecule has 1 atom stereocenters. The Morgan fingerprint density at radius 3 is 2.67 bits per heavy atom. The first kappa shape index (κ1) is 8.98. The van der Waals surface area contributed by atoms with Crippen LogP contribution in [-0.2, 0) is 0 Å². The van der Waals surface area contributed by atoms with Gasteiger partial charge in [0.15, 0.2) is 5.78 Å². The van der Waals surface area contributed by atoms with Crippen LogP contribution in [0.5, 0.6) is 0 Å². The highest BCUT2D eigenvalue weighted by molar-refractivity contribution is 5.98. The van der Waals surface area contributed by atoms with Crippen molar-refractivity contribution < 1.29 is 4.79 Å². The van der Waals surface area contributed by atoms with E-state index >= 15 is 0 Å². The van der Waals surface area contributed by atoms with Crippen LogP contribution in [0.2, 0.25) is 0 Å². The predicted octanol–water partition coefficient (Wildman–Crippen LogP) is 2.52. The second kappa shape index (κ2) is 3.53. The molecular formula is C11H12O. The third-order valence-electron chi connectivity index (χ3n) is 1.72. The molecular weight excluding hydrogens is 148 g/mol. The summed E-state index contributed by atoms with van der Waals surface area (Å²) in [5, 5.41) is 0. The van der Waals surface area contributed by atoms with Crippen molar-refractivity contribution in [3.8, 4) is 0 Å². The smallest absolute Gasteiger partial charge is 0.165 e. The number of carbonyl (C=O) groups is 1. The first-order chi connectivity index (χ1) is 5.61. The van der Waals surface area contributed by atoms with Gasteiger partial charge in [-0.3, -0.25) is 4.79 Å². The Morgan fingerprint density at radius 2 is 2.17 bits per heavy atom. The molecule has 0 N–H and O–H groups in total. The number of aryl methyl sites for hydroxylation is 1. The van der Waals surface area contributed by atoms with Crippen LogP contribution in [0.25, 0.3) is 0 Å². The van der Waals surface area contributed by atoms with E-state index < -0.39 is 5.92 Å². The molecule has 1 heteroatoms. The maximum atomic E-state index is 11.4. The second-order valence-corrected chi connectivity index (χ2v) is 3.02. The fourth-order valence-electron chi connectivity index (χ4n) is 1.06. The molecule has 0 heterocycles. The van der Waals surface area contributed by atoms with E-state index in [0.29, 0.717) is 5.56 Å². The molecule has 0 saturated heterocycles. The van der Waals surface area contributed by atoms with Gasteiger partial charge in [0.2, 0.25) is 0 Å². The molecule has 0 fully saturated rings. The molecule has 0 aliphatic rings. The zero-order valence-corrected chi connectivity index (χ0v) is 7.37. The highest BCUT2D eigenvalue weighted by Gasteiger charge is 2.09. The minimum atomic E-state index is -0.410. The van der Waals surface area contributed by atoms with Crippen LogP contribution in [0.3, 0.4) is 0 Å². The lowest BCUT2D eigenvalue weighted by atomic mass is 10.00. The molecule has 0 amide bonds. The third-order valence-corrected chi connectivity index (χ3v) is 1.72. The van der Waals surface area contributed by atoms with Crippen molar-refractivity contribution in [1.29, 1.82) is 0 Å². The van der Waals surface area contributed by atoms with E-state index in [4.69, 9.17) is 6.92 Å². The summed E-state index contributed by atoms with van der Waals surface area (Å²) < 4.78 is 0.